The fraction of sp³-hybridized carbons (Fsp3) is 0. The Morgan fingerprint density at radius 1 is 0.950 bits per heavy atom. The molecule has 0 aliphatic heterocycles. The fourth-order valence-corrected chi connectivity index (χ4v) is 1.37. The van der Waals surface area contributed by atoms with Gasteiger partial charge in [0.2, 0.25) is 0 Å². The summed E-state index contributed by atoms with van der Waals surface area (Å²) in [6.07, 6.45) is 0. The summed E-state index contributed by atoms with van der Waals surface area (Å²) < 4.78 is 0. The van der Waals surface area contributed by atoms with Gasteiger partial charge in [-0.3, -0.25) is 0 Å². The first-order valence-electron chi connectivity index (χ1n) is 5.71. The topological polar surface area (TPSA) is 130 Å². The number of rotatable bonds is 2. The molecule has 0 aromatic heterocycles. The van der Waals surface area contributed by atoms with Crippen LogP contribution in [0.1, 0.15) is 10.4 Å². The zero-order valence-corrected chi connectivity index (χ0v) is 10.6. The maximum absolute atomic E-state index is 10.3. The predicted octanol–water partition coefficient (Wildman–Crippen LogP) is -0.0844. The summed E-state index contributed by atoms with van der Waals surface area (Å²) in [4.78, 5) is 10.3. The van der Waals surface area contributed by atoms with E-state index in [2.05, 4.69) is 0 Å². The lowest BCUT2D eigenvalue weighted by molar-refractivity contribution is 0.0697. The molecule has 0 heterocycles. The number of nitrogen functional groups attached to an aromatic ring is 2. The smallest absolute Gasteiger partial charge is 0.478 e. The molecule has 0 radical (unpaired) electrons. The number of anilines is 2. The summed E-state index contributed by atoms with van der Waals surface area (Å²) in [5.41, 5.74) is 12.3. The molecule has 0 fully saturated rings. The van der Waals surface area contributed by atoms with E-state index in [1.807, 2.05) is 0 Å². The van der Waals surface area contributed by atoms with Crippen LogP contribution in [0.4, 0.5) is 11.4 Å². The third-order valence-corrected chi connectivity index (χ3v) is 2.43. The highest BCUT2D eigenvalue weighted by molar-refractivity contribution is 6.60. The summed E-state index contributed by atoms with van der Waals surface area (Å²) in [5, 5.41) is 25.8. The molecule has 2 aromatic rings. The molecular weight excluding hydrogens is 259 g/mol. The number of aromatic carboxylic acids is 1. The number of carbonyl (C=O) groups is 1. The van der Waals surface area contributed by atoms with E-state index in [0.29, 0.717) is 16.8 Å². The third-order valence-electron chi connectivity index (χ3n) is 2.43. The van der Waals surface area contributed by atoms with E-state index in [4.69, 9.17) is 26.6 Å². The van der Waals surface area contributed by atoms with Crippen LogP contribution in [0.3, 0.4) is 0 Å². The van der Waals surface area contributed by atoms with Gasteiger partial charge in [-0.1, -0.05) is 18.2 Å². The predicted molar refractivity (Wildman–Crippen MR) is 78.5 cm³/mol. The quantitative estimate of drug-likeness (QED) is 0.384. The standard InChI is InChI=1S/C7H7NO2.C6H8BNO2/c8-6-3-1-5(2-4-6)7(9)10;8-6-4-2-1-3-5(6)7(9)10/h1-4H,8H2,(H,9,10);1-4,9-10H,8H2. The van der Waals surface area contributed by atoms with Crippen molar-refractivity contribution >= 4 is 29.9 Å². The highest BCUT2D eigenvalue weighted by atomic mass is 16.4. The molecule has 0 aliphatic carbocycles. The Hall–Kier alpha value is -2.51. The van der Waals surface area contributed by atoms with Gasteiger partial charge in [0.15, 0.2) is 0 Å². The number of benzene rings is 2. The Morgan fingerprint density at radius 2 is 1.50 bits per heavy atom. The second-order valence-electron chi connectivity index (χ2n) is 3.93. The zero-order valence-electron chi connectivity index (χ0n) is 10.6. The Kier molecular flexibility index (Phi) is 5.58. The van der Waals surface area contributed by atoms with Crippen LogP contribution in [-0.4, -0.2) is 28.2 Å². The minimum Gasteiger partial charge on any atom is -0.478 e. The average molecular weight is 274 g/mol. The van der Waals surface area contributed by atoms with E-state index in [-0.39, 0.29) is 5.56 Å². The monoisotopic (exact) mass is 274 g/mol. The van der Waals surface area contributed by atoms with Crippen molar-refractivity contribution in [3.63, 3.8) is 0 Å². The highest BCUT2D eigenvalue weighted by Crippen LogP contribution is 2.04. The maximum Gasteiger partial charge on any atom is 0.490 e. The van der Waals surface area contributed by atoms with Crippen molar-refractivity contribution in [1.82, 2.24) is 0 Å². The SMILES string of the molecule is Nc1ccc(C(=O)O)cc1.Nc1ccccc1B(O)O. The lowest BCUT2D eigenvalue weighted by Crippen LogP contribution is -2.31. The molecule has 7 heteroatoms. The molecule has 6 nitrogen and oxygen atoms in total. The summed E-state index contributed by atoms with van der Waals surface area (Å²) >= 11 is 0. The largest absolute Gasteiger partial charge is 0.490 e. The first-order chi connectivity index (χ1) is 9.41. The highest BCUT2D eigenvalue weighted by Gasteiger charge is 2.12. The first kappa shape index (κ1) is 15.6. The molecule has 0 bridgehead atoms. The number of para-hydroxylation sites is 1. The molecule has 0 aliphatic rings. The van der Waals surface area contributed by atoms with E-state index >= 15 is 0 Å². The summed E-state index contributed by atoms with van der Waals surface area (Å²) in [7, 11) is -1.47. The summed E-state index contributed by atoms with van der Waals surface area (Å²) in [6.45, 7) is 0. The molecule has 0 atom stereocenters. The Morgan fingerprint density at radius 3 is 1.90 bits per heavy atom. The zero-order chi connectivity index (χ0) is 15.1. The van der Waals surface area contributed by atoms with Crippen molar-refractivity contribution in [2.24, 2.45) is 0 Å². The lowest BCUT2D eigenvalue weighted by Gasteiger charge is -2.01. The number of carboxylic acid groups (broad SMARTS) is 1. The van der Waals surface area contributed by atoms with Gasteiger partial charge in [-0.05, 0) is 30.3 Å². The van der Waals surface area contributed by atoms with Gasteiger partial charge in [0.05, 0.1) is 5.56 Å². The van der Waals surface area contributed by atoms with Crippen molar-refractivity contribution in [2.75, 3.05) is 11.5 Å². The van der Waals surface area contributed by atoms with Gasteiger partial charge in [0.1, 0.15) is 0 Å². The van der Waals surface area contributed by atoms with E-state index < -0.39 is 13.1 Å². The molecular formula is C13H15BN2O4. The fourth-order valence-electron chi connectivity index (χ4n) is 1.37. The number of carboxylic acids is 1. The molecule has 2 rings (SSSR count). The summed E-state index contributed by atoms with van der Waals surface area (Å²) in [6, 6.07) is 12.7. The molecule has 104 valence electrons. The molecule has 0 saturated carbocycles. The van der Waals surface area contributed by atoms with Gasteiger partial charge >= 0.3 is 13.1 Å². The minimum atomic E-state index is -1.47. The summed E-state index contributed by atoms with van der Waals surface area (Å²) in [5.74, 6) is -0.931. The normalized spacial score (nSPS) is 9.30. The van der Waals surface area contributed by atoms with Crippen LogP contribution >= 0.6 is 0 Å². The van der Waals surface area contributed by atoms with Crippen molar-refractivity contribution < 1.29 is 19.9 Å². The third kappa shape index (κ3) is 4.64. The van der Waals surface area contributed by atoms with Gasteiger partial charge < -0.3 is 26.6 Å². The van der Waals surface area contributed by atoms with Gasteiger partial charge in [-0.25, -0.2) is 4.79 Å². The van der Waals surface area contributed by atoms with E-state index in [9.17, 15) is 4.79 Å². The van der Waals surface area contributed by atoms with E-state index in [1.54, 1.807) is 36.4 Å². The van der Waals surface area contributed by atoms with Crippen LogP contribution in [-0.2, 0) is 0 Å². The van der Waals surface area contributed by atoms with Crippen molar-refractivity contribution in [2.45, 2.75) is 0 Å². The minimum absolute atomic E-state index is 0.259. The van der Waals surface area contributed by atoms with Crippen LogP contribution in [0, 0.1) is 0 Å². The molecule has 0 unspecified atom stereocenters. The van der Waals surface area contributed by atoms with Crippen LogP contribution in [0.25, 0.3) is 0 Å². The van der Waals surface area contributed by atoms with Gasteiger partial charge in [0.25, 0.3) is 0 Å². The molecule has 0 spiro atoms. The van der Waals surface area contributed by atoms with E-state index in [1.165, 1.54) is 12.1 Å². The van der Waals surface area contributed by atoms with Crippen LogP contribution in [0.5, 0.6) is 0 Å². The van der Waals surface area contributed by atoms with Crippen LogP contribution in [0.15, 0.2) is 48.5 Å². The second kappa shape index (κ2) is 7.17. The van der Waals surface area contributed by atoms with Crippen molar-refractivity contribution in [1.29, 1.82) is 0 Å². The van der Waals surface area contributed by atoms with Gasteiger partial charge in [0, 0.05) is 16.8 Å². The lowest BCUT2D eigenvalue weighted by atomic mass is 9.79. The first-order valence-corrected chi connectivity index (χ1v) is 5.71. The Bertz CT molecular complexity index is 573. The van der Waals surface area contributed by atoms with Gasteiger partial charge in [-0.15, -0.1) is 0 Å². The van der Waals surface area contributed by atoms with Crippen molar-refractivity contribution in [3.8, 4) is 0 Å². The Labute approximate surface area is 116 Å². The number of hydrogen-bond acceptors (Lipinski definition) is 5. The van der Waals surface area contributed by atoms with E-state index in [0.717, 1.165) is 0 Å². The molecule has 0 amide bonds. The number of hydrogen-bond donors (Lipinski definition) is 5. The molecule has 7 N–H and O–H groups in total. The molecule has 20 heavy (non-hydrogen) atoms. The Balaban J connectivity index is 0.000000200. The molecule has 0 saturated heterocycles. The van der Waals surface area contributed by atoms with Crippen LogP contribution in [0.2, 0.25) is 0 Å². The second-order valence-corrected chi connectivity index (χ2v) is 3.93. The maximum atomic E-state index is 10.3. The van der Waals surface area contributed by atoms with Crippen molar-refractivity contribution in [3.05, 3.63) is 54.1 Å². The van der Waals surface area contributed by atoms with Crippen LogP contribution < -0.4 is 16.9 Å². The van der Waals surface area contributed by atoms with Gasteiger partial charge in [-0.2, -0.15) is 0 Å². The average Bonchev–Trinajstić information content (AvgIpc) is 2.40. The number of nitrogens with two attached hydrogens (primary N) is 2. The molecule has 2 aromatic carbocycles.